The van der Waals surface area contributed by atoms with Crippen LogP contribution in [-0.2, 0) is 11.3 Å². The first-order valence-corrected chi connectivity index (χ1v) is 6.66. The summed E-state index contributed by atoms with van der Waals surface area (Å²) in [6.45, 7) is 3.35. The molecule has 1 unspecified atom stereocenters. The zero-order valence-corrected chi connectivity index (χ0v) is 12.7. The monoisotopic (exact) mass is 287 g/mol. The topological polar surface area (TPSA) is 39.7 Å². The third kappa shape index (κ3) is 4.90. The van der Waals surface area contributed by atoms with Crippen LogP contribution in [0.15, 0.2) is 12.1 Å². The highest BCUT2D eigenvalue weighted by Crippen LogP contribution is 2.35. The number of hydrogen-bond acceptors (Lipinski definition) is 4. The van der Waals surface area contributed by atoms with Gasteiger partial charge in [0.15, 0.2) is 11.5 Å². The average Bonchev–Trinajstić information content (AvgIpc) is 2.39. The summed E-state index contributed by atoms with van der Waals surface area (Å²) in [5, 5.41) is 3.74. The van der Waals surface area contributed by atoms with Gasteiger partial charge in [0.1, 0.15) is 0 Å². The van der Waals surface area contributed by atoms with Gasteiger partial charge in [-0.25, -0.2) is 0 Å². The van der Waals surface area contributed by atoms with E-state index in [0.717, 1.165) is 17.7 Å². The van der Waals surface area contributed by atoms with E-state index in [1.165, 1.54) is 0 Å². The lowest BCUT2D eigenvalue weighted by atomic mass is 10.1. The Bertz CT molecular complexity index is 399. The van der Waals surface area contributed by atoms with Gasteiger partial charge in [-0.15, -0.1) is 0 Å². The Morgan fingerprint density at radius 2 is 2.05 bits per heavy atom. The molecule has 1 rings (SSSR count). The average molecular weight is 288 g/mol. The van der Waals surface area contributed by atoms with Crippen molar-refractivity contribution in [2.24, 2.45) is 0 Å². The van der Waals surface area contributed by atoms with Crippen molar-refractivity contribution < 1.29 is 14.2 Å². The summed E-state index contributed by atoms with van der Waals surface area (Å²) in [7, 11) is 5.18. The van der Waals surface area contributed by atoms with Gasteiger partial charge in [0.05, 0.1) is 13.2 Å². The predicted molar refractivity (Wildman–Crippen MR) is 77.4 cm³/mol. The lowest BCUT2D eigenvalue weighted by Crippen LogP contribution is -2.17. The van der Waals surface area contributed by atoms with Gasteiger partial charge in [-0.1, -0.05) is 11.6 Å². The molecular weight excluding hydrogens is 266 g/mol. The van der Waals surface area contributed by atoms with Crippen LogP contribution in [0.4, 0.5) is 0 Å². The fourth-order valence-electron chi connectivity index (χ4n) is 1.77. The van der Waals surface area contributed by atoms with E-state index in [0.29, 0.717) is 23.9 Å². The van der Waals surface area contributed by atoms with Gasteiger partial charge < -0.3 is 19.5 Å². The van der Waals surface area contributed by atoms with Gasteiger partial charge in [0.25, 0.3) is 0 Å². The highest BCUT2D eigenvalue weighted by molar-refractivity contribution is 6.30. The third-order valence-corrected chi connectivity index (χ3v) is 2.95. The van der Waals surface area contributed by atoms with E-state index >= 15 is 0 Å². The molecule has 0 saturated heterocycles. The predicted octanol–water partition coefficient (Wildman–Crippen LogP) is 2.87. The molecule has 0 bridgehead atoms. The Kier molecular flexibility index (Phi) is 6.99. The van der Waals surface area contributed by atoms with Crippen molar-refractivity contribution >= 4 is 11.6 Å². The van der Waals surface area contributed by atoms with Crippen LogP contribution in [0.3, 0.4) is 0 Å². The van der Waals surface area contributed by atoms with Gasteiger partial charge in [0.2, 0.25) is 0 Å². The van der Waals surface area contributed by atoms with Crippen molar-refractivity contribution in [3.8, 4) is 11.5 Å². The standard InChI is InChI=1S/C14H22ClNO3/c1-10(5-6-17-3)19-14-11(9-16-2)7-12(15)8-13(14)18-4/h7-8,10,16H,5-6,9H2,1-4H3. The SMILES string of the molecule is CNCc1cc(Cl)cc(OC)c1OC(C)CCOC. The molecule has 1 aromatic carbocycles. The molecule has 0 heterocycles. The lowest BCUT2D eigenvalue weighted by Gasteiger charge is -2.20. The van der Waals surface area contributed by atoms with Crippen LogP contribution in [0.5, 0.6) is 11.5 Å². The summed E-state index contributed by atoms with van der Waals surface area (Å²) in [6.07, 6.45) is 0.868. The van der Waals surface area contributed by atoms with Crippen LogP contribution in [-0.4, -0.2) is 34.0 Å². The number of nitrogens with one attached hydrogen (secondary N) is 1. The number of methoxy groups -OCH3 is 2. The maximum Gasteiger partial charge on any atom is 0.166 e. The molecule has 0 saturated carbocycles. The van der Waals surface area contributed by atoms with Gasteiger partial charge >= 0.3 is 0 Å². The summed E-state index contributed by atoms with van der Waals surface area (Å²) in [5.41, 5.74) is 0.983. The second kappa shape index (κ2) is 8.25. The minimum atomic E-state index is 0.0469. The maximum absolute atomic E-state index is 6.07. The maximum atomic E-state index is 6.07. The lowest BCUT2D eigenvalue weighted by molar-refractivity contribution is 0.132. The Morgan fingerprint density at radius 3 is 2.63 bits per heavy atom. The molecule has 1 N–H and O–H groups in total. The molecule has 0 spiro atoms. The molecule has 0 fully saturated rings. The summed E-state index contributed by atoms with van der Waals surface area (Å²) in [5.74, 6) is 1.40. The Morgan fingerprint density at radius 1 is 1.32 bits per heavy atom. The third-order valence-electron chi connectivity index (χ3n) is 2.73. The Hall–Kier alpha value is -0.970. The van der Waals surface area contributed by atoms with E-state index in [-0.39, 0.29) is 6.10 Å². The normalized spacial score (nSPS) is 12.3. The summed E-state index contributed by atoms with van der Waals surface area (Å²) in [6, 6.07) is 3.65. The molecule has 5 heteroatoms. The number of hydrogen-bond donors (Lipinski definition) is 1. The molecule has 0 radical (unpaired) electrons. The Labute approximate surface area is 120 Å². The molecule has 1 aromatic rings. The molecule has 4 nitrogen and oxygen atoms in total. The van der Waals surface area contributed by atoms with Gasteiger partial charge in [-0.05, 0) is 20.0 Å². The van der Waals surface area contributed by atoms with Crippen molar-refractivity contribution in [2.75, 3.05) is 27.9 Å². The van der Waals surface area contributed by atoms with Crippen molar-refractivity contribution in [3.63, 3.8) is 0 Å². The van der Waals surface area contributed by atoms with Crippen molar-refractivity contribution in [2.45, 2.75) is 26.0 Å². The quantitative estimate of drug-likeness (QED) is 0.798. The molecule has 0 aliphatic carbocycles. The van der Waals surface area contributed by atoms with E-state index < -0.39 is 0 Å². The van der Waals surface area contributed by atoms with E-state index in [1.807, 2.05) is 20.0 Å². The van der Waals surface area contributed by atoms with Crippen molar-refractivity contribution in [1.82, 2.24) is 5.32 Å². The van der Waals surface area contributed by atoms with Crippen LogP contribution in [0, 0.1) is 0 Å². The highest BCUT2D eigenvalue weighted by atomic mass is 35.5. The van der Waals surface area contributed by atoms with Gasteiger partial charge in [-0.3, -0.25) is 0 Å². The minimum Gasteiger partial charge on any atom is -0.493 e. The first-order chi connectivity index (χ1) is 9.12. The first-order valence-electron chi connectivity index (χ1n) is 6.29. The van der Waals surface area contributed by atoms with Crippen LogP contribution in [0.25, 0.3) is 0 Å². The largest absolute Gasteiger partial charge is 0.493 e. The molecule has 0 amide bonds. The van der Waals surface area contributed by atoms with Gasteiger partial charge in [0, 0.05) is 43.3 Å². The zero-order chi connectivity index (χ0) is 14.3. The van der Waals surface area contributed by atoms with Crippen LogP contribution >= 0.6 is 11.6 Å². The smallest absolute Gasteiger partial charge is 0.166 e. The number of benzene rings is 1. The first kappa shape index (κ1) is 16.1. The van der Waals surface area contributed by atoms with Crippen LogP contribution in [0.1, 0.15) is 18.9 Å². The zero-order valence-electron chi connectivity index (χ0n) is 12.0. The number of halogens is 1. The summed E-state index contributed by atoms with van der Waals surface area (Å²) >= 11 is 6.07. The van der Waals surface area contributed by atoms with E-state index in [9.17, 15) is 0 Å². The van der Waals surface area contributed by atoms with Gasteiger partial charge in [-0.2, -0.15) is 0 Å². The van der Waals surface area contributed by atoms with Crippen LogP contribution < -0.4 is 14.8 Å². The van der Waals surface area contributed by atoms with Crippen molar-refractivity contribution in [1.29, 1.82) is 0 Å². The number of rotatable bonds is 8. The number of ether oxygens (including phenoxy) is 3. The van der Waals surface area contributed by atoms with Crippen molar-refractivity contribution in [3.05, 3.63) is 22.7 Å². The molecule has 0 aliphatic rings. The minimum absolute atomic E-state index is 0.0469. The summed E-state index contributed by atoms with van der Waals surface area (Å²) < 4.78 is 16.4. The van der Waals surface area contributed by atoms with E-state index in [2.05, 4.69) is 5.32 Å². The molecule has 0 aromatic heterocycles. The molecule has 0 aliphatic heterocycles. The fraction of sp³-hybridized carbons (Fsp3) is 0.571. The second-order valence-electron chi connectivity index (χ2n) is 4.34. The summed E-state index contributed by atoms with van der Waals surface area (Å²) in [4.78, 5) is 0. The molecule has 1 atom stereocenters. The highest BCUT2D eigenvalue weighted by Gasteiger charge is 2.15. The van der Waals surface area contributed by atoms with Crippen LogP contribution in [0.2, 0.25) is 5.02 Å². The fourth-order valence-corrected chi connectivity index (χ4v) is 2.00. The second-order valence-corrected chi connectivity index (χ2v) is 4.77. The Balaban J connectivity index is 2.94. The molecule has 108 valence electrons. The van der Waals surface area contributed by atoms with E-state index in [1.54, 1.807) is 20.3 Å². The molecule has 19 heavy (non-hydrogen) atoms. The molecular formula is C14H22ClNO3. The van der Waals surface area contributed by atoms with E-state index in [4.69, 9.17) is 25.8 Å².